The Bertz CT molecular complexity index is 441. The topological polar surface area (TPSA) is 26.0 Å². The molecule has 4 heteroatoms. The molecule has 2 aromatic rings. The summed E-state index contributed by atoms with van der Waals surface area (Å²) in [6.07, 6.45) is 0. The highest BCUT2D eigenvalue weighted by Gasteiger charge is 2.05. The summed E-state index contributed by atoms with van der Waals surface area (Å²) < 4.78 is 6.31. The molecule has 0 saturated heterocycles. The molecule has 2 rings (SSSR count). The van der Waals surface area contributed by atoms with Crippen LogP contribution >= 0.6 is 38.5 Å². The maximum absolute atomic E-state index is 5.11. The second-order valence-electron chi connectivity index (χ2n) is 2.82. The summed E-state index contributed by atoms with van der Waals surface area (Å²) in [5.41, 5.74) is 1.98. The van der Waals surface area contributed by atoms with Crippen LogP contribution in [0, 0.1) is 3.57 Å². The van der Waals surface area contributed by atoms with E-state index in [9.17, 15) is 0 Å². The Kier molecular flexibility index (Phi) is 3.22. The first kappa shape index (κ1) is 10.2. The van der Waals surface area contributed by atoms with E-state index in [2.05, 4.69) is 55.8 Å². The van der Waals surface area contributed by atoms with E-state index in [0.29, 0.717) is 5.33 Å². The van der Waals surface area contributed by atoms with Crippen LogP contribution in [-0.4, -0.2) is 5.16 Å². The average Bonchev–Trinajstić information content (AvgIpc) is 2.66. The maximum Gasteiger partial charge on any atom is 0.147 e. The molecule has 2 nitrogen and oxygen atoms in total. The van der Waals surface area contributed by atoms with Gasteiger partial charge in [-0.3, -0.25) is 0 Å². The van der Waals surface area contributed by atoms with Gasteiger partial charge in [0.15, 0.2) is 0 Å². The van der Waals surface area contributed by atoms with Gasteiger partial charge in [-0.1, -0.05) is 33.2 Å². The predicted octanol–water partition coefficient (Wildman–Crippen LogP) is 3.84. The fourth-order valence-corrected chi connectivity index (χ4v) is 1.97. The highest BCUT2D eigenvalue weighted by atomic mass is 127. The summed E-state index contributed by atoms with van der Waals surface area (Å²) in [5.74, 6) is 0.846. The van der Waals surface area contributed by atoms with Crippen molar-refractivity contribution in [3.05, 3.63) is 39.7 Å². The first-order valence-corrected chi connectivity index (χ1v) is 6.27. The summed E-state index contributed by atoms with van der Waals surface area (Å²) in [7, 11) is 0. The molecule has 1 aromatic carbocycles. The van der Waals surface area contributed by atoms with E-state index in [1.165, 1.54) is 3.57 Å². The van der Waals surface area contributed by atoms with Crippen LogP contribution in [0.1, 0.15) is 5.76 Å². The van der Waals surface area contributed by atoms with Gasteiger partial charge < -0.3 is 4.52 Å². The lowest BCUT2D eigenvalue weighted by Gasteiger charge is -1.94. The van der Waals surface area contributed by atoms with Crippen molar-refractivity contribution in [2.45, 2.75) is 5.33 Å². The normalized spacial score (nSPS) is 10.4. The van der Waals surface area contributed by atoms with Crippen molar-refractivity contribution in [1.29, 1.82) is 0 Å². The van der Waals surface area contributed by atoms with Gasteiger partial charge in [-0.25, -0.2) is 0 Å². The van der Waals surface area contributed by atoms with Crippen molar-refractivity contribution in [3.63, 3.8) is 0 Å². The first-order chi connectivity index (χ1) is 6.79. The second-order valence-corrected chi connectivity index (χ2v) is 4.63. The Hall–Kier alpha value is -0.360. The fraction of sp³-hybridized carbons (Fsp3) is 0.100. The smallest absolute Gasteiger partial charge is 0.147 e. The summed E-state index contributed by atoms with van der Waals surface area (Å²) in [4.78, 5) is 0. The van der Waals surface area contributed by atoms with Crippen molar-refractivity contribution in [1.82, 2.24) is 5.16 Å². The largest absolute Gasteiger partial charge is 0.360 e. The third kappa shape index (κ3) is 2.17. The Morgan fingerprint density at radius 1 is 1.36 bits per heavy atom. The minimum absolute atomic E-state index is 0.698. The number of rotatable bonds is 2. The van der Waals surface area contributed by atoms with Gasteiger partial charge in [-0.15, -0.1) is 0 Å². The van der Waals surface area contributed by atoms with E-state index in [0.717, 1.165) is 17.0 Å². The van der Waals surface area contributed by atoms with E-state index < -0.39 is 0 Å². The minimum atomic E-state index is 0.698. The van der Waals surface area contributed by atoms with Crippen molar-refractivity contribution in [2.75, 3.05) is 0 Å². The number of hydrogen-bond donors (Lipinski definition) is 0. The van der Waals surface area contributed by atoms with E-state index in [-0.39, 0.29) is 0 Å². The minimum Gasteiger partial charge on any atom is -0.360 e. The lowest BCUT2D eigenvalue weighted by molar-refractivity contribution is 0.398. The zero-order valence-corrected chi connectivity index (χ0v) is 10.9. The third-order valence-corrected chi connectivity index (χ3v) is 3.03. The molecule has 0 spiro atoms. The summed E-state index contributed by atoms with van der Waals surface area (Å²) in [5, 5.41) is 4.69. The average molecular weight is 364 g/mol. The molecule has 0 N–H and O–H groups in total. The van der Waals surface area contributed by atoms with Crippen LogP contribution in [0.25, 0.3) is 11.3 Å². The fourth-order valence-electron chi connectivity index (χ4n) is 1.16. The maximum atomic E-state index is 5.11. The molecule has 0 fully saturated rings. The SMILES string of the molecule is BrCc1cc(-c2cccc(I)c2)no1. The molecule has 0 saturated carbocycles. The lowest BCUT2D eigenvalue weighted by Crippen LogP contribution is -1.77. The molecule has 0 amide bonds. The molecule has 14 heavy (non-hydrogen) atoms. The Morgan fingerprint density at radius 3 is 2.86 bits per heavy atom. The molecule has 1 aromatic heterocycles. The van der Waals surface area contributed by atoms with Crippen LogP contribution < -0.4 is 0 Å². The Morgan fingerprint density at radius 2 is 2.21 bits per heavy atom. The van der Waals surface area contributed by atoms with Gasteiger partial charge in [0.1, 0.15) is 11.5 Å². The highest BCUT2D eigenvalue weighted by molar-refractivity contribution is 14.1. The molecule has 0 bridgehead atoms. The predicted molar refractivity (Wildman–Crippen MR) is 67.3 cm³/mol. The Labute approximate surface area is 104 Å². The van der Waals surface area contributed by atoms with Gasteiger partial charge in [0.2, 0.25) is 0 Å². The number of halogens is 2. The highest BCUT2D eigenvalue weighted by Crippen LogP contribution is 2.21. The van der Waals surface area contributed by atoms with Crippen LogP contribution in [0.4, 0.5) is 0 Å². The molecular weight excluding hydrogens is 357 g/mol. The Balaban J connectivity index is 2.39. The van der Waals surface area contributed by atoms with Gasteiger partial charge in [0.05, 0.1) is 5.33 Å². The molecule has 0 unspecified atom stereocenters. The second kappa shape index (κ2) is 4.44. The standard InChI is InChI=1S/C10H7BrINO/c11-6-9-5-10(13-14-9)7-2-1-3-8(12)4-7/h1-5H,6H2. The quantitative estimate of drug-likeness (QED) is 0.598. The molecule has 72 valence electrons. The number of alkyl halides is 1. The number of hydrogen-bond acceptors (Lipinski definition) is 2. The number of nitrogens with zero attached hydrogens (tertiary/aromatic N) is 1. The molecule has 0 atom stereocenters. The monoisotopic (exact) mass is 363 g/mol. The van der Waals surface area contributed by atoms with E-state index in [1.54, 1.807) is 0 Å². The van der Waals surface area contributed by atoms with Gasteiger partial charge in [0, 0.05) is 15.2 Å². The lowest BCUT2D eigenvalue weighted by atomic mass is 10.1. The van der Waals surface area contributed by atoms with Crippen LogP contribution in [0.2, 0.25) is 0 Å². The molecule has 0 aliphatic rings. The van der Waals surface area contributed by atoms with Gasteiger partial charge in [0.25, 0.3) is 0 Å². The molecule has 1 heterocycles. The number of benzene rings is 1. The van der Waals surface area contributed by atoms with E-state index >= 15 is 0 Å². The van der Waals surface area contributed by atoms with Gasteiger partial charge in [-0.2, -0.15) is 0 Å². The zero-order valence-electron chi connectivity index (χ0n) is 7.21. The summed E-state index contributed by atoms with van der Waals surface area (Å²) in [6.45, 7) is 0. The van der Waals surface area contributed by atoms with Gasteiger partial charge in [-0.05, 0) is 34.7 Å². The van der Waals surface area contributed by atoms with Gasteiger partial charge >= 0.3 is 0 Å². The molecule has 0 radical (unpaired) electrons. The zero-order chi connectivity index (χ0) is 9.97. The molecule has 0 aliphatic carbocycles. The van der Waals surface area contributed by atoms with Crippen LogP contribution in [0.5, 0.6) is 0 Å². The van der Waals surface area contributed by atoms with Crippen LogP contribution in [-0.2, 0) is 5.33 Å². The van der Waals surface area contributed by atoms with Crippen LogP contribution in [0.3, 0.4) is 0 Å². The molecular formula is C10H7BrINO. The van der Waals surface area contributed by atoms with Crippen molar-refractivity contribution >= 4 is 38.5 Å². The summed E-state index contributed by atoms with van der Waals surface area (Å²) in [6, 6.07) is 10.1. The van der Waals surface area contributed by atoms with Crippen molar-refractivity contribution in [2.24, 2.45) is 0 Å². The summed E-state index contributed by atoms with van der Waals surface area (Å²) >= 11 is 5.60. The van der Waals surface area contributed by atoms with Crippen molar-refractivity contribution in [3.8, 4) is 11.3 Å². The van der Waals surface area contributed by atoms with Crippen molar-refractivity contribution < 1.29 is 4.52 Å². The first-order valence-electron chi connectivity index (χ1n) is 4.07. The molecule has 0 aliphatic heterocycles. The van der Waals surface area contributed by atoms with Crippen LogP contribution in [0.15, 0.2) is 34.9 Å². The van der Waals surface area contributed by atoms with E-state index in [4.69, 9.17) is 4.52 Å². The number of aromatic nitrogens is 1. The van der Waals surface area contributed by atoms with E-state index in [1.807, 2.05) is 18.2 Å². The third-order valence-electron chi connectivity index (χ3n) is 1.81.